The summed E-state index contributed by atoms with van der Waals surface area (Å²) in [5, 5.41) is 6.44. The van der Waals surface area contributed by atoms with E-state index in [0.29, 0.717) is 15.9 Å². The molecule has 0 saturated carbocycles. The van der Waals surface area contributed by atoms with Crippen LogP contribution in [0.5, 0.6) is 0 Å². The molecule has 6 heteroatoms. The number of benzene rings is 1. The molecule has 100 valence electrons. The smallest absolute Gasteiger partial charge is 0.254 e. The van der Waals surface area contributed by atoms with Crippen molar-refractivity contribution in [3.05, 3.63) is 51.1 Å². The summed E-state index contributed by atoms with van der Waals surface area (Å²) in [5.74, 6) is -0.384. The van der Waals surface area contributed by atoms with Crippen molar-refractivity contribution in [1.29, 1.82) is 0 Å². The minimum absolute atomic E-state index is 0.00105. The Morgan fingerprint density at radius 1 is 1.47 bits per heavy atom. The average molecular weight is 327 g/mol. The largest absolute Gasteiger partial charge is 0.361 e. The monoisotopic (exact) mass is 326 g/mol. The van der Waals surface area contributed by atoms with Crippen LogP contribution in [0.25, 0.3) is 0 Å². The lowest BCUT2D eigenvalue weighted by atomic mass is 10.1. The van der Waals surface area contributed by atoms with Gasteiger partial charge in [0.1, 0.15) is 11.6 Å². The number of hydrogen-bond acceptors (Lipinski definition) is 3. The summed E-state index contributed by atoms with van der Waals surface area (Å²) in [4.78, 5) is 11.9. The first-order valence-electron chi connectivity index (χ1n) is 5.64. The second kappa shape index (κ2) is 5.52. The molecule has 2 aromatic rings. The molecule has 19 heavy (non-hydrogen) atoms. The van der Waals surface area contributed by atoms with E-state index in [-0.39, 0.29) is 12.1 Å². The molecule has 1 aromatic heterocycles. The van der Waals surface area contributed by atoms with Crippen molar-refractivity contribution in [1.82, 2.24) is 10.5 Å². The number of nitrogens with one attached hydrogen (secondary N) is 1. The van der Waals surface area contributed by atoms with Crippen LogP contribution in [0.4, 0.5) is 4.39 Å². The van der Waals surface area contributed by atoms with Crippen molar-refractivity contribution in [2.75, 3.05) is 0 Å². The molecule has 1 amide bonds. The van der Waals surface area contributed by atoms with E-state index >= 15 is 0 Å². The first kappa shape index (κ1) is 13.7. The zero-order chi connectivity index (χ0) is 14.0. The highest BCUT2D eigenvalue weighted by Crippen LogP contribution is 2.16. The van der Waals surface area contributed by atoms with Crippen molar-refractivity contribution in [2.45, 2.75) is 20.4 Å². The molecule has 0 spiro atoms. The van der Waals surface area contributed by atoms with E-state index in [2.05, 4.69) is 26.4 Å². The first-order valence-corrected chi connectivity index (χ1v) is 6.43. The van der Waals surface area contributed by atoms with Crippen molar-refractivity contribution in [2.24, 2.45) is 0 Å². The van der Waals surface area contributed by atoms with Crippen LogP contribution in [0.1, 0.15) is 27.4 Å². The molecule has 0 aliphatic rings. The molecule has 0 aliphatic heterocycles. The third-order valence-corrected chi connectivity index (χ3v) is 3.27. The zero-order valence-corrected chi connectivity index (χ0v) is 12.0. The van der Waals surface area contributed by atoms with Gasteiger partial charge in [-0.05, 0) is 32.0 Å². The van der Waals surface area contributed by atoms with Gasteiger partial charge in [-0.1, -0.05) is 21.1 Å². The lowest BCUT2D eigenvalue weighted by Gasteiger charge is -2.06. The maximum absolute atomic E-state index is 13.5. The summed E-state index contributed by atoms with van der Waals surface area (Å²) in [6, 6.07) is 4.23. The van der Waals surface area contributed by atoms with E-state index in [4.69, 9.17) is 4.52 Å². The number of hydrogen-bond donors (Lipinski definition) is 1. The number of carbonyl (C=O) groups excluding carboxylic acids is 1. The highest BCUT2D eigenvalue weighted by Gasteiger charge is 2.14. The predicted molar refractivity (Wildman–Crippen MR) is 71.2 cm³/mol. The average Bonchev–Trinajstić information content (AvgIpc) is 2.69. The zero-order valence-electron chi connectivity index (χ0n) is 10.5. The minimum Gasteiger partial charge on any atom is -0.361 e. The molecule has 0 saturated heterocycles. The highest BCUT2D eigenvalue weighted by atomic mass is 79.9. The number of halogens is 2. The lowest BCUT2D eigenvalue weighted by Crippen LogP contribution is -2.24. The molecule has 1 heterocycles. The Kier molecular flexibility index (Phi) is 3.99. The maximum Gasteiger partial charge on any atom is 0.254 e. The van der Waals surface area contributed by atoms with Gasteiger partial charge in [-0.25, -0.2) is 4.39 Å². The fraction of sp³-hybridized carbons (Fsp3) is 0.231. The van der Waals surface area contributed by atoms with Crippen LogP contribution in [0.15, 0.2) is 27.2 Å². The number of nitrogens with zero attached hydrogens (tertiary/aromatic N) is 1. The van der Waals surface area contributed by atoms with Crippen LogP contribution >= 0.6 is 15.9 Å². The molecule has 0 atom stereocenters. The van der Waals surface area contributed by atoms with Crippen molar-refractivity contribution < 1.29 is 13.7 Å². The molecule has 0 radical (unpaired) electrons. The van der Waals surface area contributed by atoms with E-state index in [1.165, 1.54) is 12.1 Å². The normalized spacial score (nSPS) is 10.5. The summed E-state index contributed by atoms with van der Waals surface area (Å²) in [5.41, 5.74) is 1.53. The minimum atomic E-state index is -0.556. The summed E-state index contributed by atoms with van der Waals surface area (Å²) < 4.78 is 19.2. The van der Waals surface area contributed by atoms with Gasteiger partial charge >= 0.3 is 0 Å². The maximum atomic E-state index is 13.5. The SMILES string of the molecule is Cc1noc(C)c1CNC(=O)c1cc(Br)ccc1F. The fourth-order valence-electron chi connectivity index (χ4n) is 1.69. The van der Waals surface area contributed by atoms with Gasteiger partial charge in [0.05, 0.1) is 11.3 Å². The molecule has 1 aromatic carbocycles. The Morgan fingerprint density at radius 2 is 2.21 bits per heavy atom. The van der Waals surface area contributed by atoms with E-state index in [1.807, 2.05) is 0 Å². The molecule has 0 bridgehead atoms. The summed E-state index contributed by atoms with van der Waals surface area (Å²) in [7, 11) is 0. The Labute approximate surface area is 118 Å². The van der Waals surface area contributed by atoms with Gasteiger partial charge < -0.3 is 9.84 Å². The van der Waals surface area contributed by atoms with Crippen molar-refractivity contribution in [3.63, 3.8) is 0 Å². The topological polar surface area (TPSA) is 55.1 Å². The van der Waals surface area contributed by atoms with Crippen molar-refractivity contribution >= 4 is 21.8 Å². The van der Waals surface area contributed by atoms with Gasteiger partial charge in [0.15, 0.2) is 0 Å². The molecule has 0 unspecified atom stereocenters. The molecule has 2 rings (SSSR count). The number of amides is 1. The van der Waals surface area contributed by atoms with Crippen LogP contribution in [0, 0.1) is 19.7 Å². The third kappa shape index (κ3) is 3.01. The Morgan fingerprint density at radius 3 is 2.84 bits per heavy atom. The number of carbonyl (C=O) groups is 1. The lowest BCUT2D eigenvalue weighted by molar-refractivity contribution is 0.0946. The molecule has 0 aliphatic carbocycles. The van der Waals surface area contributed by atoms with Gasteiger partial charge in [-0.3, -0.25) is 4.79 Å². The van der Waals surface area contributed by atoms with Crippen LogP contribution in [-0.4, -0.2) is 11.1 Å². The molecule has 4 nitrogen and oxygen atoms in total. The Hall–Kier alpha value is -1.69. The Bertz CT molecular complexity index is 606. The molecular formula is C13H12BrFN2O2. The van der Waals surface area contributed by atoms with Crippen LogP contribution < -0.4 is 5.32 Å². The molecule has 1 N–H and O–H groups in total. The third-order valence-electron chi connectivity index (χ3n) is 2.78. The van der Waals surface area contributed by atoms with Crippen LogP contribution in [0.3, 0.4) is 0 Å². The van der Waals surface area contributed by atoms with Crippen molar-refractivity contribution in [3.8, 4) is 0 Å². The molecule has 0 fully saturated rings. The van der Waals surface area contributed by atoms with Gasteiger partial charge in [0.2, 0.25) is 0 Å². The summed E-state index contributed by atoms with van der Waals surface area (Å²) >= 11 is 3.21. The van der Waals surface area contributed by atoms with Gasteiger partial charge in [-0.15, -0.1) is 0 Å². The van der Waals surface area contributed by atoms with E-state index in [9.17, 15) is 9.18 Å². The van der Waals surface area contributed by atoms with E-state index in [1.54, 1.807) is 19.9 Å². The quantitative estimate of drug-likeness (QED) is 0.942. The Balaban J connectivity index is 2.12. The number of aromatic nitrogens is 1. The van der Waals surface area contributed by atoms with E-state index < -0.39 is 11.7 Å². The van der Waals surface area contributed by atoms with Gasteiger partial charge in [0.25, 0.3) is 5.91 Å². The molecular weight excluding hydrogens is 315 g/mol. The second-order valence-corrected chi connectivity index (χ2v) is 5.03. The fourth-order valence-corrected chi connectivity index (χ4v) is 2.05. The van der Waals surface area contributed by atoms with Gasteiger partial charge in [0, 0.05) is 16.6 Å². The van der Waals surface area contributed by atoms with Crippen LogP contribution in [-0.2, 0) is 6.54 Å². The second-order valence-electron chi connectivity index (χ2n) is 4.11. The van der Waals surface area contributed by atoms with Crippen LogP contribution in [0.2, 0.25) is 0 Å². The van der Waals surface area contributed by atoms with E-state index in [0.717, 1.165) is 5.56 Å². The number of aryl methyl sites for hydroxylation is 2. The highest BCUT2D eigenvalue weighted by molar-refractivity contribution is 9.10. The van der Waals surface area contributed by atoms with Gasteiger partial charge in [-0.2, -0.15) is 0 Å². The predicted octanol–water partition coefficient (Wildman–Crippen LogP) is 3.12. The summed E-state index contributed by atoms with van der Waals surface area (Å²) in [6.45, 7) is 3.81. The number of rotatable bonds is 3. The standard InChI is InChI=1S/C13H12BrFN2O2/c1-7-11(8(2)19-17-7)6-16-13(18)10-5-9(14)3-4-12(10)15/h3-5H,6H2,1-2H3,(H,16,18). The summed E-state index contributed by atoms with van der Waals surface area (Å²) in [6.07, 6.45) is 0. The first-order chi connectivity index (χ1) is 8.99.